The van der Waals surface area contributed by atoms with Gasteiger partial charge in [-0.25, -0.2) is 0 Å². The van der Waals surface area contributed by atoms with Crippen molar-refractivity contribution >= 4 is 10.3 Å². The van der Waals surface area contributed by atoms with Crippen LogP contribution in [0, 0.1) is 0 Å². The fraction of sp³-hybridized carbons (Fsp3) is 1.00. The van der Waals surface area contributed by atoms with Crippen LogP contribution in [-0.2, 0) is 10.3 Å². The molecule has 0 aromatic carbocycles. The van der Waals surface area contributed by atoms with E-state index in [1.807, 2.05) is 0 Å². The van der Waals surface area contributed by atoms with E-state index in [4.69, 9.17) is 10.4 Å². The van der Waals surface area contributed by atoms with Gasteiger partial charge in [-0.15, -0.1) is 4.41 Å². The van der Waals surface area contributed by atoms with Gasteiger partial charge >= 0.3 is 10.3 Å². The van der Waals surface area contributed by atoms with Crippen molar-refractivity contribution in [2.75, 3.05) is 6.54 Å². The van der Waals surface area contributed by atoms with E-state index < -0.39 is 10.3 Å². The Hall–Kier alpha value is -0.170. The molecule has 0 spiro atoms. The van der Waals surface area contributed by atoms with Gasteiger partial charge in [0.1, 0.15) is 0 Å². The molecule has 0 amide bonds. The molecule has 0 rings (SSSR count). The van der Waals surface area contributed by atoms with Gasteiger partial charge in [-0.2, -0.15) is 8.42 Å². The molecule has 6 heteroatoms. The predicted octanol–water partition coefficient (Wildman–Crippen LogP) is -1.02. The van der Waals surface area contributed by atoms with Gasteiger partial charge in [0.15, 0.2) is 0 Å². The maximum Gasteiger partial charge on any atom is 0.348 e. The van der Waals surface area contributed by atoms with Crippen molar-refractivity contribution in [3.05, 3.63) is 0 Å². The van der Waals surface area contributed by atoms with Gasteiger partial charge in [-0.1, -0.05) is 0 Å². The number of hydrogen-bond donors (Lipinski definition) is 2. The van der Waals surface area contributed by atoms with Gasteiger partial charge in [0, 0.05) is 6.54 Å². The molecule has 0 aliphatic rings. The van der Waals surface area contributed by atoms with Crippen molar-refractivity contribution in [1.29, 1.82) is 0 Å². The van der Waals surface area contributed by atoms with Gasteiger partial charge in [0.05, 0.1) is 0 Å². The van der Waals surface area contributed by atoms with Gasteiger partial charge < -0.3 is 0 Å². The van der Waals surface area contributed by atoms with Gasteiger partial charge in [-0.3, -0.25) is 10.4 Å². The van der Waals surface area contributed by atoms with Crippen molar-refractivity contribution in [1.82, 2.24) is 4.41 Å². The molecule has 0 fully saturated rings. The fourth-order valence-electron chi connectivity index (χ4n) is 0.163. The van der Waals surface area contributed by atoms with Gasteiger partial charge in [0.25, 0.3) is 0 Å². The summed E-state index contributed by atoms with van der Waals surface area (Å²) in [6.45, 7) is 1.58. The molecule has 8 heavy (non-hydrogen) atoms. The molecule has 5 nitrogen and oxygen atoms in total. The first-order valence-electron chi connectivity index (χ1n) is 1.98. The minimum atomic E-state index is -4.14. The van der Waals surface area contributed by atoms with E-state index in [0.717, 1.165) is 0 Å². The standard InChI is InChI=1S/C2H8N2O3S/c1-2-4(3)8(5,6)7/h2-3H2,1H3,(H,5,6,7). The van der Waals surface area contributed by atoms with E-state index in [0.29, 0.717) is 4.41 Å². The Labute approximate surface area is 47.9 Å². The zero-order valence-electron chi connectivity index (χ0n) is 4.40. The summed E-state index contributed by atoms with van der Waals surface area (Å²) in [4.78, 5) is 0. The number of hydrogen-bond acceptors (Lipinski definition) is 3. The SMILES string of the molecule is CCN(N)S(=O)(=O)O. The van der Waals surface area contributed by atoms with Crippen LogP contribution < -0.4 is 5.84 Å². The zero-order valence-corrected chi connectivity index (χ0v) is 5.22. The highest BCUT2D eigenvalue weighted by atomic mass is 32.2. The Balaban J connectivity index is 4.04. The van der Waals surface area contributed by atoms with Crippen LogP contribution in [0.15, 0.2) is 0 Å². The Bertz CT molecular complexity index is 151. The van der Waals surface area contributed by atoms with E-state index in [2.05, 4.69) is 0 Å². The lowest BCUT2D eigenvalue weighted by Gasteiger charge is -2.06. The van der Waals surface area contributed by atoms with E-state index in [-0.39, 0.29) is 6.54 Å². The first-order valence-corrected chi connectivity index (χ1v) is 3.38. The third kappa shape index (κ3) is 2.22. The first kappa shape index (κ1) is 7.83. The Morgan fingerprint density at radius 3 is 2.12 bits per heavy atom. The molecule has 0 saturated heterocycles. The molecule has 3 N–H and O–H groups in total. The second kappa shape index (κ2) is 2.40. The average Bonchev–Trinajstić information content (AvgIpc) is 1.62. The summed E-state index contributed by atoms with van der Waals surface area (Å²) < 4.78 is 28.2. The number of nitrogens with two attached hydrogens (primary N) is 1. The lowest BCUT2D eigenvalue weighted by molar-refractivity contribution is 0.369. The topological polar surface area (TPSA) is 83.6 Å². The molecule has 0 heterocycles. The molecule has 0 unspecified atom stereocenters. The molecule has 0 aliphatic carbocycles. The summed E-state index contributed by atoms with van der Waals surface area (Å²) in [5.41, 5.74) is 0. The average molecular weight is 140 g/mol. The minimum Gasteiger partial charge on any atom is -0.272 e. The molecule has 0 bridgehead atoms. The van der Waals surface area contributed by atoms with E-state index in [1.165, 1.54) is 6.92 Å². The summed E-state index contributed by atoms with van der Waals surface area (Å²) in [6, 6.07) is 0. The van der Waals surface area contributed by atoms with Crippen LogP contribution in [-0.4, -0.2) is 23.9 Å². The lowest BCUT2D eigenvalue weighted by atomic mass is 10.8. The normalized spacial score (nSPS) is 12.5. The summed E-state index contributed by atoms with van der Waals surface area (Å²) in [7, 11) is -4.14. The Morgan fingerprint density at radius 1 is 1.75 bits per heavy atom. The zero-order chi connectivity index (χ0) is 6.78. The number of hydrazine groups is 1. The van der Waals surface area contributed by atoms with Crippen LogP contribution in [0.3, 0.4) is 0 Å². The molecule has 50 valence electrons. The summed E-state index contributed by atoms with van der Waals surface area (Å²) in [6.07, 6.45) is 0. The number of rotatable bonds is 2. The second-order valence-corrected chi connectivity index (χ2v) is 2.55. The lowest BCUT2D eigenvalue weighted by Crippen LogP contribution is -2.36. The predicted molar refractivity (Wildman–Crippen MR) is 28.1 cm³/mol. The highest BCUT2D eigenvalue weighted by molar-refractivity contribution is 7.83. The molecule has 0 radical (unpaired) electrons. The summed E-state index contributed by atoms with van der Waals surface area (Å²) in [5, 5.41) is 0. The molecule has 0 aromatic rings. The number of nitrogens with zero attached hydrogens (tertiary/aromatic N) is 1. The molecular weight excluding hydrogens is 132 g/mol. The third-order valence-electron chi connectivity index (χ3n) is 0.608. The third-order valence-corrected chi connectivity index (χ3v) is 1.46. The van der Waals surface area contributed by atoms with E-state index in [9.17, 15) is 8.42 Å². The van der Waals surface area contributed by atoms with Crippen molar-refractivity contribution in [3.63, 3.8) is 0 Å². The van der Waals surface area contributed by atoms with Crippen LogP contribution >= 0.6 is 0 Å². The first-order chi connectivity index (χ1) is 3.48. The van der Waals surface area contributed by atoms with Crippen molar-refractivity contribution in [2.24, 2.45) is 5.84 Å². The highest BCUT2D eigenvalue weighted by Crippen LogP contribution is 1.84. The minimum absolute atomic E-state index is 0.0683. The second-order valence-electron chi connectivity index (χ2n) is 1.18. The Kier molecular flexibility index (Phi) is 2.35. The molecular formula is C2H8N2O3S. The van der Waals surface area contributed by atoms with Crippen LogP contribution in [0.5, 0.6) is 0 Å². The fourth-order valence-corrected chi connectivity index (χ4v) is 0.489. The van der Waals surface area contributed by atoms with Crippen LogP contribution in [0.25, 0.3) is 0 Å². The Morgan fingerprint density at radius 2 is 2.12 bits per heavy atom. The molecule has 0 saturated carbocycles. The molecule has 0 atom stereocenters. The van der Waals surface area contributed by atoms with Crippen molar-refractivity contribution in [3.8, 4) is 0 Å². The maximum atomic E-state index is 9.92. The van der Waals surface area contributed by atoms with E-state index in [1.54, 1.807) is 0 Å². The summed E-state index contributed by atoms with van der Waals surface area (Å²) in [5.74, 6) is 4.75. The van der Waals surface area contributed by atoms with Crippen molar-refractivity contribution < 1.29 is 13.0 Å². The molecule has 0 aliphatic heterocycles. The van der Waals surface area contributed by atoms with Crippen LogP contribution in [0.1, 0.15) is 6.92 Å². The van der Waals surface area contributed by atoms with Gasteiger partial charge in [0.2, 0.25) is 0 Å². The van der Waals surface area contributed by atoms with E-state index >= 15 is 0 Å². The van der Waals surface area contributed by atoms with Crippen LogP contribution in [0.2, 0.25) is 0 Å². The highest BCUT2D eigenvalue weighted by Gasteiger charge is 2.09. The quantitative estimate of drug-likeness (QED) is 0.292. The summed E-state index contributed by atoms with van der Waals surface area (Å²) >= 11 is 0. The van der Waals surface area contributed by atoms with Crippen molar-refractivity contribution in [2.45, 2.75) is 6.92 Å². The maximum absolute atomic E-state index is 9.92. The molecule has 0 aromatic heterocycles. The van der Waals surface area contributed by atoms with Gasteiger partial charge in [-0.05, 0) is 6.92 Å². The van der Waals surface area contributed by atoms with Crippen LogP contribution in [0.4, 0.5) is 0 Å². The smallest absolute Gasteiger partial charge is 0.272 e. The monoisotopic (exact) mass is 140 g/mol. The largest absolute Gasteiger partial charge is 0.348 e.